The second-order valence-corrected chi connectivity index (χ2v) is 11.7. The van der Waals surface area contributed by atoms with E-state index in [0.717, 1.165) is 49.4 Å². The minimum absolute atomic E-state index is 0.642. The molecule has 46 heavy (non-hydrogen) atoms. The normalized spacial score (nSPS) is 11.9. The summed E-state index contributed by atoms with van der Waals surface area (Å²) < 4.78 is 4.78. The Morgan fingerprint density at radius 3 is 1.67 bits per heavy atom. The molecule has 0 amide bonds. The second kappa shape index (κ2) is 9.58. The van der Waals surface area contributed by atoms with E-state index >= 15 is 0 Å². The van der Waals surface area contributed by atoms with Crippen LogP contribution in [0.1, 0.15) is 0 Å². The maximum Gasteiger partial charge on any atom is 0.164 e. The van der Waals surface area contributed by atoms with Crippen molar-refractivity contribution < 1.29 is 0 Å². The lowest BCUT2D eigenvalue weighted by Gasteiger charge is -2.14. The van der Waals surface area contributed by atoms with Gasteiger partial charge in [0.15, 0.2) is 17.5 Å². The first-order valence-electron chi connectivity index (χ1n) is 15.5. The van der Waals surface area contributed by atoms with Crippen molar-refractivity contribution in [1.82, 2.24) is 23.8 Å². The third kappa shape index (κ3) is 3.54. The van der Waals surface area contributed by atoms with Gasteiger partial charge in [-0.25, -0.2) is 15.0 Å². The minimum Gasteiger partial charge on any atom is -0.314 e. The number of hydrogen-bond donors (Lipinski definition) is 0. The first-order chi connectivity index (χ1) is 22.8. The standard InChI is InChI=1S/C41H25N5/c1-3-12-27(13-4-1)39-42-40(28-14-5-2-6-15-28)44-41(43-39)32-23-22-26-24-25-45-35-21-11-18-30-29-16-7-9-19-33(29)46(38(30)35)34-20-10-8-17-31(34)36(32)37(26)45/h1-25H. The van der Waals surface area contributed by atoms with Crippen molar-refractivity contribution in [2.75, 3.05) is 0 Å². The first kappa shape index (κ1) is 25.0. The van der Waals surface area contributed by atoms with Crippen LogP contribution in [0.4, 0.5) is 0 Å². The topological polar surface area (TPSA) is 47.5 Å². The zero-order chi connectivity index (χ0) is 30.2. The average molecular weight is 588 g/mol. The van der Waals surface area contributed by atoms with E-state index in [1.165, 1.54) is 21.8 Å². The zero-order valence-corrected chi connectivity index (χ0v) is 24.7. The Balaban J connectivity index is 1.43. The van der Waals surface area contributed by atoms with E-state index in [1.807, 2.05) is 36.4 Å². The van der Waals surface area contributed by atoms with Crippen molar-refractivity contribution in [3.05, 3.63) is 152 Å². The number of nitrogens with zero attached hydrogens (tertiary/aromatic N) is 5. The molecule has 0 aliphatic rings. The van der Waals surface area contributed by atoms with Crippen LogP contribution in [0.3, 0.4) is 0 Å². The van der Waals surface area contributed by atoms with Crippen molar-refractivity contribution in [3.8, 4) is 34.2 Å². The second-order valence-electron chi connectivity index (χ2n) is 11.7. The fourth-order valence-electron chi connectivity index (χ4n) is 7.14. The van der Waals surface area contributed by atoms with Gasteiger partial charge in [-0.2, -0.15) is 0 Å². The van der Waals surface area contributed by atoms with Crippen LogP contribution in [0.5, 0.6) is 0 Å². The van der Waals surface area contributed by atoms with Crippen LogP contribution in [-0.4, -0.2) is 23.8 Å². The van der Waals surface area contributed by atoms with Gasteiger partial charge >= 0.3 is 0 Å². The smallest absolute Gasteiger partial charge is 0.164 e. The molecular formula is C41H25N5. The Bertz CT molecular complexity index is 2740. The lowest BCUT2D eigenvalue weighted by atomic mass is 10.0. The number of para-hydroxylation sites is 3. The highest BCUT2D eigenvalue weighted by atomic mass is 15.0. The Hall–Kier alpha value is -6.33. The molecule has 0 fully saturated rings. The van der Waals surface area contributed by atoms with Gasteiger partial charge in [-0.1, -0.05) is 115 Å². The number of aromatic nitrogens is 5. The van der Waals surface area contributed by atoms with E-state index in [9.17, 15) is 0 Å². The third-order valence-electron chi connectivity index (χ3n) is 9.14. The molecule has 0 N–H and O–H groups in total. The molecule has 0 radical (unpaired) electrons. The van der Waals surface area contributed by atoms with Crippen LogP contribution in [0.2, 0.25) is 0 Å². The van der Waals surface area contributed by atoms with Crippen LogP contribution in [0.25, 0.3) is 88.7 Å². The molecule has 0 saturated heterocycles. The monoisotopic (exact) mass is 587 g/mol. The molecule has 5 nitrogen and oxygen atoms in total. The Morgan fingerprint density at radius 2 is 0.957 bits per heavy atom. The summed E-state index contributed by atoms with van der Waals surface area (Å²) in [6, 6.07) is 51.0. The van der Waals surface area contributed by atoms with Crippen LogP contribution in [-0.2, 0) is 0 Å². The quantitative estimate of drug-likeness (QED) is 0.207. The van der Waals surface area contributed by atoms with Gasteiger partial charge < -0.3 is 8.80 Å². The summed E-state index contributed by atoms with van der Waals surface area (Å²) in [7, 11) is 0. The predicted octanol–water partition coefficient (Wildman–Crippen LogP) is 9.99. The Morgan fingerprint density at radius 1 is 0.391 bits per heavy atom. The van der Waals surface area contributed by atoms with Gasteiger partial charge in [0.05, 0.1) is 27.6 Å². The molecule has 4 heterocycles. The molecule has 214 valence electrons. The van der Waals surface area contributed by atoms with E-state index in [0.29, 0.717) is 17.5 Å². The maximum absolute atomic E-state index is 5.16. The van der Waals surface area contributed by atoms with Gasteiger partial charge in [0.25, 0.3) is 0 Å². The molecule has 4 aromatic heterocycles. The maximum atomic E-state index is 5.16. The van der Waals surface area contributed by atoms with E-state index in [1.54, 1.807) is 0 Å². The summed E-state index contributed by atoms with van der Waals surface area (Å²) in [5, 5.41) is 5.87. The van der Waals surface area contributed by atoms with Gasteiger partial charge in [0.1, 0.15) is 0 Å². The average Bonchev–Trinajstić information content (AvgIpc) is 3.71. The summed E-state index contributed by atoms with van der Waals surface area (Å²) in [6.07, 6.45) is 2.20. The predicted molar refractivity (Wildman–Crippen MR) is 188 cm³/mol. The largest absolute Gasteiger partial charge is 0.314 e. The fourth-order valence-corrected chi connectivity index (χ4v) is 7.14. The van der Waals surface area contributed by atoms with Crippen LogP contribution >= 0.6 is 0 Å². The molecule has 0 unspecified atom stereocenters. The fraction of sp³-hybridized carbons (Fsp3) is 0. The molecule has 10 aromatic rings. The van der Waals surface area contributed by atoms with E-state index in [-0.39, 0.29) is 0 Å². The molecule has 0 atom stereocenters. The molecule has 0 spiro atoms. The lowest BCUT2D eigenvalue weighted by molar-refractivity contribution is 1.08. The van der Waals surface area contributed by atoms with Crippen molar-refractivity contribution in [1.29, 1.82) is 0 Å². The Kier molecular flexibility index (Phi) is 5.22. The number of rotatable bonds is 3. The third-order valence-corrected chi connectivity index (χ3v) is 9.14. The van der Waals surface area contributed by atoms with E-state index in [4.69, 9.17) is 15.0 Å². The highest BCUT2D eigenvalue weighted by Gasteiger charge is 2.20. The molecule has 0 aliphatic heterocycles. The highest BCUT2D eigenvalue weighted by molar-refractivity contribution is 6.21. The lowest BCUT2D eigenvalue weighted by Crippen LogP contribution is -2.01. The van der Waals surface area contributed by atoms with E-state index < -0.39 is 0 Å². The molecule has 5 heteroatoms. The van der Waals surface area contributed by atoms with Crippen molar-refractivity contribution in [2.45, 2.75) is 0 Å². The summed E-state index contributed by atoms with van der Waals surface area (Å²) in [6.45, 7) is 0. The van der Waals surface area contributed by atoms with Crippen molar-refractivity contribution in [3.63, 3.8) is 0 Å². The SMILES string of the molecule is c1ccc(-c2nc(-c3ccccc3)nc(-c3ccc4ccn5c6cccc7c8ccccc8n(c8ccccc8c3c45)c76)n2)cc1. The van der Waals surface area contributed by atoms with Gasteiger partial charge in [-0.05, 0) is 30.3 Å². The summed E-state index contributed by atoms with van der Waals surface area (Å²) in [4.78, 5) is 15.3. The number of fused-ring (bicyclic) bond motifs is 7. The number of benzene rings is 6. The van der Waals surface area contributed by atoms with Crippen molar-refractivity contribution >= 4 is 54.5 Å². The van der Waals surface area contributed by atoms with Crippen LogP contribution in [0.15, 0.2) is 152 Å². The van der Waals surface area contributed by atoms with Gasteiger partial charge in [0.2, 0.25) is 0 Å². The number of hydrogen-bond acceptors (Lipinski definition) is 3. The van der Waals surface area contributed by atoms with E-state index in [2.05, 4.69) is 124 Å². The van der Waals surface area contributed by atoms with Gasteiger partial charge in [-0.15, -0.1) is 0 Å². The van der Waals surface area contributed by atoms with Crippen LogP contribution < -0.4 is 0 Å². The molecule has 10 rings (SSSR count). The summed E-state index contributed by atoms with van der Waals surface area (Å²) >= 11 is 0. The summed E-state index contributed by atoms with van der Waals surface area (Å²) in [5.41, 5.74) is 8.64. The van der Waals surface area contributed by atoms with Crippen LogP contribution in [0, 0.1) is 0 Å². The molecule has 0 aliphatic carbocycles. The van der Waals surface area contributed by atoms with Gasteiger partial charge in [-0.3, -0.25) is 0 Å². The Labute approximate surface area is 263 Å². The molecule has 0 saturated carbocycles. The van der Waals surface area contributed by atoms with Gasteiger partial charge in [0, 0.05) is 49.8 Å². The molecule has 6 aromatic carbocycles. The van der Waals surface area contributed by atoms with Crippen molar-refractivity contribution in [2.24, 2.45) is 0 Å². The molecular weight excluding hydrogens is 562 g/mol. The zero-order valence-electron chi connectivity index (χ0n) is 24.7. The highest BCUT2D eigenvalue weighted by Crippen LogP contribution is 2.40. The minimum atomic E-state index is 0.642. The first-order valence-corrected chi connectivity index (χ1v) is 15.5. The summed E-state index contributed by atoms with van der Waals surface area (Å²) in [5.74, 6) is 1.94. The molecule has 0 bridgehead atoms.